The van der Waals surface area contributed by atoms with Crippen LogP contribution in [0.5, 0.6) is 17.2 Å². The van der Waals surface area contributed by atoms with E-state index < -0.39 is 14.8 Å². The van der Waals surface area contributed by atoms with Gasteiger partial charge in [-0.15, -0.1) is 0 Å². The molecule has 1 atom stereocenters. The van der Waals surface area contributed by atoms with Crippen LogP contribution >= 0.6 is 0 Å². The standard InChI is InChI=1S/C24H32O8Si/c1-26-33(27-2,28-3)17-5-4-15-29-20-8-6-19(7-9-20)24(25)32-22-12-10-21(11-13-22)30-16-14-23-18-31-23/h6-13,23H,4-5,14-18H2,1-3H3. The second-order valence-electron chi connectivity index (χ2n) is 7.58. The van der Waals surface area contributed by atoms with Crippen LogP contribution in [0.25, 0.3) is 0 Å². The molecule has 180 valence electrons. The number of hydrogen-bond donors (Lipinski definition) is 0. The highest BCUT2D eigenvalue weighted by atomic mass is 28.4. The lowest BCUT2D eigenvalue weighted by Gasteiger charge is -2.24. The van der Waals surface area contributed by atoms with Crippen LogP contribution in [0.1, 0.15) is 29.6 Å². The molecule has 0 radical (unpaired) electrons. The summed E-state index contributed by atoms with van der Waals surface area (Å²) < 4.78 is 38.2. The Morgan fingerprint density at radius 3 is 1.97 bits per heavy atom. The predicted molar refractivity (Wildman–Crippen MR) is 124 cm³/mol. The van der Waals surface area contributed by atoms with Gasteiger partial charge in [0.15, 0.2) is 0 Å². The van der Waals surface area contributed by atoms with Crippen LogP contribution in [0.3, 0.4) is 0 Å². The maximum Gasteiger partial charge on any atom is 0.500 e. The van der Waals surface area contributed by atoms with E-state index in [1.165, 1.54) is 0 Å². The van der Waals surface area contributed by atoms with Crippen molar-refractivity contribution in [1.82, 2.24) is 0 Å². The first-order valence-electron chi connectivity index (χ1n) is 11.0. The summed E-state index contributed by atoms with van der Waals surface area (Å²) in [6.45, 7) is 1.98. The van der Waals surface area contributed by atoms with E-state index in [9.17, 15) is 4.79 Å². The molecule has 0 spiro atoms. The van der Waals surface area contributed by atoms with Gasteiger partial charge in [-0.05, 0) is 61.4 Å². The minimum absolute atomic E-state index is 0.344. The molecule has 2 aromatic rings. The van der Waals surface area contributed by atoms with E-state index in [-0.39, 0.29) is 0 Å². The Labute approximate surface area is 196 Å². The van der Waals surface area contributed by atoms with Crippen LogP contribution < -0.4 is 14.2 Å². The largest absolute Gasteiger partial charge is 0.500 e. The molecule has 3 rings (SSSR count). The zero-order valence-corrected chi connectivity index (χ0v) is 20.4. The summed E-state index contributed by atoms with van der Waals surface area (Å²) in [5, 5.41) is 0. The molecule has 8 nitrogen and oxygen atoms in total. The highest BCUT2D eigenvalue weighted by molar-refractivity contribution is 6.60. The van der Waals surface area contributed by atoms with Crippen molar-refractivity contribution >= 4 is 14.8 Å². The van der Waals surface area contributed by atoms with Gasteiger partial charge in [-0.25, -0.2) is 4.79 Å². The van der Waals surface area contributed by atoms with Crippen molar-refractivity contribution in [3.05, 3.63) is 54.1 Å². The Kier molecular flexibility index (Phi) is 9.71. The Morgan fingerprint density at radius 1 is 0.848 bits per heavy atom. The Bertz CT molecular complexity index is 840. The van der Waals surface area contributed by atoms with Crippen LogP contribution in [-0.4, -0.2) is 62.0 Å². The number of hydrogen-bond acceptors (Lipinski definition) is 8. The smallest absolute Gasteiger partial charge is 0.494 e. The number of epoxide rings is 1. The second-order valence-corrected chi connectivity index (χ2v) is 10.7. The average molecular weight is 477 g/mol. The Balaban J connectivity index is 1.37. The zero-order valence-electron chi connectivity index (χ0n) is 19.4. The third-order valence-electron chi connectivity index (χ3n) is 5.31. The van der Waals surface area contributed by atoms with E-state index >= 15 is 0 Å². The third-order valence-corrected chi connectivity index (χ3v) is 8.15. The molecule has 1 aliphatic rings. The number of benzene rings is 2. The molecule has 0 bridgehead atoms. The number of esters is 1. The number of carbonyl (C=O) groups excluding carboxylic acids is 1. The summed E-state index contributed by atoms with van der Waals surface area (Å²) >= 11 is 0. The van der Waals surface area contributed by atoms with E-state index in [1.807, 2.05) is 0 Å². The van der Waals surface area contributed by atoms with Crippen molar-refractivity contribution < 1.29 is 37.0 Å². The van der Waals surface area contributed by atoms with E-state index in [4.69, 9.17) is 32.2 Å². The van der Waals surface area contributed by atoms with Crippen molar-refractivity contribution in [2.75, 3.05) is 41.2 Å². The van der Waals surface area contributed by atoms with Gasteiger partial charge in [-0.2, -0.15) is 0 Å². The Morgan fingerprint density at radius 2 is 1.39 bits per heavy atom. The molecule has 0 N–H and O–H groups in total. The van der Waals surface area contributed by atoms with Gasteiger partial charge < -0.3 is 32.2 Å². The predicted octanol–water partition coefficient (Wildman–Crippen LogP) is 4.11. The molecular formula is C24H32O8Si. The molecule has 9 heteroatoms. The van der Waals surface area contributed by atoms with Crippen LogP contribution in [0.2, 0.25) is 6.04 Å². The first-order valence-corrected chi connectivity index (χ1v) is 13.0. The fourth-order valence-corrected chi connectivity index (χ4v) is 4.99. The molecule has 0 amide bonds. The first-order chi connectivity index (χ1) is 16.1. The minimum atomic E-state index is -2.53. The molecule has 0 saturated carbocycles. The summed E-state index contributed by atoms with van der Waals surface area (Å²) in [6.07, 6.45) is 2.93. The van der Waals surface area contributed by atoms with Crippen LogP contribution in [0.4, 0.5) is 0 Å². The lowest BCUT2D eigenvalue weighted by atomic mass is 10.2. The highest BCUT2D eigenvalue weighted by Crippen LogP contribution is 2.21. The lowest BCUT2D eigenvalue weighted by molar-refractivity contribution is 0.0734. The molecule has 1 saturated heterocycles. The van der Waals surface area contributed by atoms with Gasteiger partial charge in [0.25, 0.3) is 0 Å². The van der Waals surface area contributed by atoms with E-state index in [0.29, 0.717) is 36.4 Å². The molecule has 1 aliphatic heterocycles. The lowest BCUT2D eigenvalue weighted by Crippen LogP contribution is -2.42. The van der Waals surface area contributed by atoms with E-state index in [1.54, 1.807) is 69.9 Å². The topological polar surface area (TPSA) is 85.0 Å². The maximum absolute atomic E-state index is 12.4. The summed E-state index contributed by atoms with van der Waals surface area (Å²) in [6, 6.07) is 14.6. The van der Waals surface area contributed by atoms with Crippen molar-refractivity contribution in [2.45, 2.75) is 31.4 Å². The first kappa shape index (κ1) is 25.2. The molecule has 2 aromatic carbocycles. The highest BCUT2D eigenvalue weighted by Gasteiger charge is 2.36. The van der Waals surface area contributed by atoms with Crippen LogP contribution in [-0.2, 0) is 18.0 Å². The minimum Gasteiger partial charge on any atom is -0.494 e. The van der Waals surface area contributed by atoms with E-state index in [2.05, 4.69) is 0 Å². The number of ether oxygens (including phenoxy) is 4. The number of rotatable bonds is 15. The van der Waals surface area contributed by atoms with Crippen molar-refractivity contribution in [3.8, 4) is 17.2 Å². The van der Waals surface area contributed by atoms with E-state index in [0.717, 1.165) is 37.7 Å². The van der Waals surface area contributed by atoms with Crippen molar-refractivity contribution in [1.29, 1.82) is 0 Å². The van der Waals surface area contributed by atoms with Crippen molar-refractivity contribution in [2.24, 2.45) is 0 Å². The van der Waals surface area contributed by atoms with Gasteiger partial charge in [0.05, 0.1) is 31.5 Å². The summed E-state index contributed by atoms with van der Waals surface area (Å²) in [5.74, 6) is 1.46. The molecule has 1 unspecified atom stereocenters. The van der Waals surface area contributed by atoms with Gasteiger partial charge in [0, 0.05) is 33.8 Å². The van der Waals surface area contributed by atoms with Gasteiger partial charge in [-0.3, -0.25) is 0 Å². The SMILES string of the molecule is CO[Si](CCCCOc1ccc(C(=O)Oc2ccc(OCCC3CO3)cc2)cc1)(OC)OC. The van der Waals surface area contributed by atoms with Gasteiger partial charge >= 0.3 is 14.8 Å². The molecule has 1 fully saturated rings. The normalized spacial score (nSPS) is 15.2. The number of carbonyl (C=O) groups is 1. The third kappa shape index (κ3) is 8.13. The monoisotopic (exact) mass is 476 g/mol. The molecule has 1 heterocycles. The molecule has 0 aliphatic carbocycles. The van der Waals surface area contributed by atoms with Crippen LogP contribution in [0, 0.1) is 0 Å². The molecule has 0 aromatic heterocycles. The second kappa shape index (κ2) is 12.7. The average Bonchev–Trinajstić information content (AvgIpc) is 3.68. The number of unbranched alkanes of at least 4 members (excludes halogenated alkanes) is 1. The van der Waals surface area contributed by atoms with Gasteiger partial charge in [-0.1, -0.05) is 0 Å². The maximum atomic E-state index is 12.4. The summed E-state index contributed by atoms with van der Waals surface area (Å²) in [7, 11) is 2.30. The fourth-order valence-electron chi connectivity index (χ4n) is 3.19. The van der Waals surface area contributed by atoms with Crippen LogP contribution in [0.15, 0.2) is 48.5 Å². The molecule has 33 heavy (non-hydrogen) atoms. The van der Waals surface area contributed by atoms with Crippen molar-refractivity contribution in [3.63, 3.8) is 0 Å². The Hall–Kier alpha value is -2.43. The summed E-state index contributed by atoms with van der Waals surface area (Å²) in [5.41, 5.74) is 0.447. The quantitative estimate of drug-likeness (QED) is 0.125. The summed E-state index contributed by atoms with van der Waals surface area (Å²) in [4.78, 5) is 12.4. The fraction of sp³-hybridized carbons (Fsp3) is 0.458. The zero-order chi connectivity index (χ0) is 23.5. The van der Waals surface area contributed by atoms with Gasteiger partial charge in [0.1, 0.15) is 17.2 Å². The molecular weight excluding hydrogens is 444 g/mol. The van der Waals surface area contributed by atoms with Gasteiger partial charge in [0.2, 0.25) is 0 Å².